The van der Waals surface area contributed by atoms with Gasteiger partial charge in [-0.15, -0.1) is 0 Å². The van der Waals surface area contributed by atoms with Gasteiger partial charge in [0, 0.05) is 0 Å². The average molecular weight is 280 g/mol. The number of hydrogen-bond acceptors (Lipinski definition) is 1. The van der Waals surface area contributed by atoms with Crippen molar-refractivity contribution in [2.75, 3.05) is 0 Å². The highest BCUT2D eigenvalue weighted by Gasteiger charge is 2.39. The summed E-state index contributed by atoms with van der Waals surface area (Å²) in [6.07, 6.45) is 16.6. The molecule has 0 amide bonds. The largest absolute Gasteiger partial charge is 0.375 e. The van der Waals surface area contributed by atoms with Crippen molar-refractivity contribution in [3.8, 4) is 0 Å². The molecular formula is C19H36O. The van der Waals surface area contributed by atoms with Crippen LogP contribution in [0.5, 0.6) is 0 Å². The van der Waals surface area contributed by atoms with Gasteiger partial charge in [0.05, 0.1) is 12.2 Å². The van der Waals surface area contributed by atoms with Crippen LogP contribution in [0.1, 0.15) is 91.4 Å². The molecule has 0 bridgehead atoms. The first-order valence-electron chi connectivity index (χ1n) is 9.39. The predicted molar refractivity (Wildman–Crippen MR) is 86.9 cm³/mol. The maximum absolute atomic E-state index is 6.47. The third kappa shape index (κ3) is 4.23. The van der Waals surface area contributed by atoms with Crippen LogP contribution in [0, 0.1) is 17.8 Å². The maximum Gasteiger partial charge on any atom is 0.0609 e. The van der Waals surface area contributed by atoms with Crippen molar-refractivity contribution in [3.63, 3.8) is 0 Å². The quantitative estimate of drug-likeness (QED) is 0.575. The van der Waals surface area contributed by atoms with Gasteiger partial charge in [-0.2, -0.15) is 0 Å². The van der Waals surface area contributed by atoms with Gasteiger partial charge < -0.3 is 4.74 Å². The Morgan fingerprint density at radius 3 is 1.95 bits per heavy atom. The molecule has 1 nitrogen and oxygen atoms in total. The normalized spacial score (nSPS) is 41.2. The molecule has 1 aliphatic carbocycles. The van der Waals surface area contributed by atoms with Gasteiger partial charge in [-0.25, -0.2) is 0 Å². The van der Waals surface area contributed by atoms with Crippen molar-refractivity contribution in [2.24, 2.45) is 17.8 Å². The summed E-state index contributed by atoms with van der Waals surface area (Å²) in [6.45, 7) is 7.17. The highest BCUT2D eigenvalue weighted by molar-refractivity contribution is 4.87. The summed E-state index contributed by atoms with van der Waals surface area (Å²) >= 11 is 0. The lowest BCUT2D eigenvalue weighted by Gasteiger charge is -2.45. The third-order valence-electron chi connectivity index (χ3n) is 6.07. The Morgan fingerprint density at radius 1 is 0.800 bits per heavy atom. The molecule has 5 unspecified atom stereocenters. The molecule has 118 valence electrons. The van der Waals surface area contributed by atoms with Crippen LogP contribution in [0.4, 0.5) is 0 Å². The molecule has 0 aromatic carbocycles. The SMILES string of the molecule is CCC1C(C)OC2CCCCCCCCCCC2C1C. The molecule has 2 rings (SSSR count). The van der Waals surface area contributed by atoms with Crippen LogP contribution in [-0.2, 0) is 4.74 Å². The van der Waals surface area contributed by atoms with Crippen LogP contribution in [0.2, 0.25) is 0 Å². The summed E-state index contributed by atoms with van der Waals surface area (Å²) in [5.74, 6) is 2.47. The second-order valence-corrected chi connectivity index (χ2v) is 7.38. The van der Waals surface area contributed by atoms with Crippen molar-refractivity contribution >= 4 is 0 Å². The van der Waals surface area contributed by atoms with Gasteiger partial charge in [-0.3, -0.25) is 0 Å². The van der Waals surface area contributed by atoms with Crippen LogP contribution in [0.25, 0.3) is 0 Å². The van der Waals surface area contributed by atoms with Crippen LogP contribution in [0.15, 0.2) is 0 Å². The molecule has 0 N–H and O–H groups in total. The van der Waals surface area contributed by atoms with Gasteiger partial charge in [-0.05, 0) is 37.5 Å². The van der Waals surface area contributed by atoms with Crippen molar-refractivity contribution in [2.45, 2.75) is 104 Å². The van der Waals surface area contributed by atoms with E-state index in [1.165, 1.54) is 70.6 Å². The fraction of sp³-hybridized carbons (Fsp3) is 1.00. The van der Waals surface area contributed by atoms with E-state index in [1.807, 2.05) is 0 Å². The molecule has 1 heterocycles. The summed E-state index contributed by atoms with van der Waals surface area (Å²) in [6, 6.07) is 0. The van der Waals surface area contributed by atoms with Crippen molar-refractivity contribution in [1.29, 1.82) is 0 Å². The van der Waals surface area contributed by atoms with Gasteiger partial charge in [0.1, 0.15) is 0 Å². The zero-order chi connectivity index (χ0) is 14.4. The molecule has 2 aliphatic rings. The van der Waals surface area contributed by atoms with Gasteiger partial charge in [0.15, 0.2) is 0 Å². The zero-order valence-electron chi connectivity index (χ0n) is 14.1. The van der Waals surface area contributed by atoms with E-state index in [0.717, 1.165) is 17.8 Å². The molecule has 1 heteroatoms. The summed E-state index contributed by atoms with van der Waals surface area (Å²) in [7, 11) is 0. The fourth-order valence-electron chi connectivity index (χ4n) is 4.78. The van der Waals surface area contributed by atoms with Gasteiger partial charge in [0.2, 0.25) is 0 Å². The molecule has 5 atom stereocenters. The summed E-state index contributed by atoms with van der Waals surface area (Å²) in [4.78, 5) is 0. The van der Waals surface area contributed by atoms with E-state index in [1.54, 1.807) is 0 Å². The van der Waals surface area contributed by atoms with Crippen molar-refractivity contribution in [1.82, 2.24) is 0 Å². The number of hydrogen-bond donors (Lipinski definition) is 0. The highest BCUT2D eigenvalue weighted by Crippen LogP contribution is 2.41. The Balaban J connectivity index is 1.99. The zero-order valence-corrected chi connectivity index (χ0v) is 14.1. The van der Waals surface area contributed by atoms with Gasteiger partial charge in [-0.1, -0.05) is 71.6 Å². The first kappa shape index (κ1) is 16.3. The predicted octanol–water partition coefficient (Wildman–Crippen LogP) is 5.97. The average Bonchev–Trinajstić information content (AvgIpc) is 2.41. The standard InChI is InChI=1S/C19H36O/c1-4-17-15(2)18-13-11-9-7-5-6-8-10-12-14-19(18)20-16(17)3/h15-19H,4-14H2,1-3H3. The van der Waals surface area contributed by atoms with E-state index in [9.17, 15) is 0 Å². The summed E-state index contributed by atoms with van der Waals surface area (Å²) in [5, 5.41) is 0. The molecule has 1 saturated heterocycles. The third-order valence-corrected chi connectivity index (χ3v) is 6.07. The number of rotatable bonds is 1. The topological polar surface area (TPSA) is 9.23 Å². The van der Waals surface area contributed by atoms with E-state index < -0.39 is 0 Å². The summed E-state index contributed by atoms with van der Waals surface area (Å²) in [5.41, 5.74) is 0. The smallest absolute Gasteiger partial charge is 0.0609 e. The van der Waals surface area contributed by atoms with E-state index in [0.29, 0.717) is 12.2 Å². The lowest BCUT2D eigenvalue weighted by molar-refractivity contribution is -0.140. The Bertz CT molecular complexity index is 262. The van der Waals surface area contributed by atoms with E-state index in [2.05, 4.69) is 20.8 Å². The van der Waals surface area contributed by atoms with E-state index in [-0.39, 0.29) is 0 Å². The molecule has 0 aromatic heterocycles. The van der Waals surface area contributed by atoms with E-state index in [4.69, 9.17) is 4.74 Å². The summed E-state index contributed by atoms with van der Waals surface area (Å²) < 4.78 is 6.47. The molecule has 2 fully saturated rings. The Kier molecular flexibility index (Phi) is 6.87. The highest BCUT2D eigenvalue weighted by atomic mass is 16.5. The molecule has 1 saturated carbocycles. The van der Waals surface area contributed by atoms with Crippen molar-refractivity contribution in [3.05, 3.63) is 0 Å². The Morgan fingerprint density at radius 2 is 1.35 bits per heavy atom. The van der Waals surface area contributed by atoms with Crippen molar-refractivity contribution < 1.29 is 4.74 Å². The van der Waals surface area contributed by atoms with E-state index >= 15 is 0 Å². The van der Waals surface area contributed by atoms with Gasteiger partial charge >= 0.3 is 0 Å². The Labute approximate surface area is 126 Å². The monoisotopic (exact) mass is 280 g/mol. The lowest BCUT2D eigenvalue weighted by atomic mass is 9.71. The molecule has 0 aromatic rings. The minimum Gasteiger partial charge on any atom is -0.375 e. The second-order valence-electron chi connectivity index (χ2n) is 7.38. The fourth-order valence-corrected chi connectivity index (χ4v) is 4.78. The van der Waals surface area contributed by atoms with Crippen LogP contribution in [-0.4, -0.2) is 12.2 Å². The molecule has 0 radical (unpaired) electrons. The minimum absolute atomic E-state index is 0.476. The first-order chi connectivity index (χ1) is 9.74. The Hall–Kier alpha value is -0.0400. The molecule has 1 aliphatic heterocycles. The van der Waals surface area contributed by atoms with Crippen LogP contribution < -0.4 is 0 Å². The molecule has 0 spiro atoms. The maximum atomic E-state index is 6.47. The first-order valence-corrected chi connectivity index (χ1v) is 9.39. The van der Waals surface area contributed by atoms with Crippen LogP contribution >= 0.6 is 0 Å². The lowest BCUT2D eigenvalue weighted by Crippen LogP contribution is -2.45. The number of fused-ring (bicyclic) bond motifs is 1. The van der Waals surface area contributed by atoms with Gasteiger partial charge in [0.25, 0.3) is 0 Å². The second kappa shape index (κ2) is 8.41. The minimum atomic E-state index is 0.476. The molecule has 20 heavy (non-hydrogen) atoms. The van der Waals surface area contributed by atoms with Crippen LogP contribution in [0.3, 0.4) is 0 Å². The number of ether oxygens (including phenoxy) is 1. The molecular weight excluding hydrogens is 244 g/mol.